The summed E-state index contributed by atoms with van der Waals surface area (Å²) in [5.74, 6) is -0.625. The summed E-state index contributed by atoms with van der Waals surface area (Å²) in [5, 5.41) is 13.2. The van der Waals surface area contributed by atoms with E-state index in [2.05, 4.69) is 10.3 Å². The number of nitrogens with zero attached hydrogens (tertiary/aromatic N) is 1. The molecule has 32 heavy (non-hydrogen) atoms. The van der Waals surface area contributed by atoms with Gasteiger partial charge in [0.05, 0.1) is 17.0 Å². The van der Waals surface area contributed by atoms with Crippen molar-refractivity contribution in [3.05, 3.63) is 93.8 Å². The van der Waals surface area contributed by atoms with E-state index in [-0.39, 0.29) is 17.0 Å². The smallest absolute Gasteiger partial charge is 0.337 e. The highest BCUT2D eigenvalue weighted by atomic mass is 16.4. The number of aromatic carboxylic acids is 1. The van der Waals surface area contributed by atoms with Gasteiger partial charge in [0, 0.05) is 23.5 Å². The Morgan fingerprint density at radius 2 is 1.78 bits per heavy atom. The number of rotatable bonds is 5. The number of aryl methyl sites for hydroxylation is 1. The maximum atomic E-state index is 12.8. The first-order chi connectivity index (χ1) is 15.4. The number of para-hydroxylation sites is 1. The zero-order valence-electron chi connectivity index (χ0n) is 18.5. The minimum atomic E-state index is -1.01. The standard InChI is InChI=1S/C24H20N2O4.C2H6/c1-14-11-17(15(2)26-19-8-4-3-7-16(19)24(28)29)23-18(12-14)21(27)13-22(30-23)20-9-5-6-10-25-20;1-2/h3-13,15,26H,1-2H3,(H,28,29);1-2H3. The minimum Gasteiger partial charge on any atom is -0.478 e. The van der Waals surface area contributed by atoms with Crippen LogP contribution < -0.4 is 10.7 Å². The van der Waals surface area contributed by atoms with Gasteiger partial charge in [-0.25, -0.2) is 4.79 Å². The van der Waals surface area contributed by atoms with Crippen LogP contribution in [0.1, 0.15) is 48.3 Å². The van der Waals surface area contributed by atoms with E-state index in [0.29, 0.717) is 28.1 Å². The number of anilines is 1. The summed E-state index contributed by atoms with van der Waals surface area (Å²) < 4.78 is 6.13. The molecule has 0 bridgehead atoms. The lowest BCUT2D eigenvalue weighted by atomic mass is 10.0. The average Bonchev–Trinajstić information content (AvgIpc) is 2.81. The number of benzene rings is 2. The van der Waals surface area contributed by atoms with Crippen molar-refractivity contribution < 1.29 is 14.3 Å². The average molecular weight is 431 g/mol. The van der Waals surface area contributed by atoms with Crippen LogP contribution >= 0.6 is 0 Å². The normalized spacial score (nSPS) is 11.4. The topological polar surface area (TPSA) is 92.4 Å². The fourth-order valence-corrected chi connectivity index (χ4v) is 3.50. The SMILES string of the molecule is CC.Cc1cc(C(C)Nc2ccccc2C(=O)O)c2oc(-c3ccccn3)cc(=O)c2c1. The highest BCUT2D eigenvalue weighted by molar-refractivity contribution is 5.94. The molecule has 0 aliphatic heterocycles. The van der Waals surface area contributed by atoms with Crippen LogP contribution in [0.3, 0.4) is 0 Å². The lowest BCUT2D eigenvalue weighted by Crippen LogP contribution is -2.12. The van der Waals surface area contributed by atoms with Gasteiger partial charge in [-0.3, -0.25) is 9.78 Å². The Morgan fingerprint density at radius 1 is 1.06 bits per heavy atom. The van der Waals surface area contributed by atoms with Gasteiger partial charge >= 0.3 is 5.97 Å². The molecular weight excluding hydrogens is 404 g/mol. The Bertz CT molecular complexity index is 1300. The number of carboxylic acid groups (broad SMARTS) is 1. The highest BCUT2D eigenvalue weighted by Gasteiger charge is 2.18. The molecule has 6 nitrogen and oxygen atoms in total. The highest BCUT2D eigenvalue weighted by Crippen LogP contribution is 2.30. The van der Waals surface area contributed by atoms with E-state index in [1.54, 1.807) is 48.7 Å². The van der Waals surface area contributed by atoms with Crippen molar-refractivity contribution >= 4 is 22.6 Å². The van der Waals surface area contributed by atoms with E-state index in [9.17, 15) is 14.7 Å². The fourth-order valence-electron chi connectivity index (χ4n) is 3.50. The summed E-state index contributed by atoms with van der Waals surface area (Å²) in [6.45, 7) is 7.81. The number of fused-ring (bicyclic) bond motifs is 1. The van der Waals surface area contributed by atoms with Crippen LogP contribution in [0, 0.1) is 6.92 Å². The van der Waals surface area contributed by atoms with Crippen molar-refractivity contribution in [2.24, 2.45) is 0 Å². The van der Waals surface area contributed by atoms with Gasteiger partial charge in [0.25, 0.3) is 0 Å². The van der Waals surface area contributed by atoms with Gasteiger partial charge in [-0.05, 0) is 49.7 Å². The second kappa shape index (κ2) is 9.92. The second-order valence-electron chi connectivity index (χ2n) is 7.14. The molecule has 6 heteroatoms. The Morgan fingerprint density at radius 3 is 2.47 bits per heavy atom. The molecule has 0 aliphatic carbocycles. The molecule has 1 unspecified atom stereocenters. The number of pyridine rings is 1. The number of nitrogens with one attached hydrogen (secondary N) is 1. The van der Waals surface area contributed by atoms with Crippen LogP contribution in [-0.4, -0.2) is 16.1 Å². The molecule has 0 fully saturated rings. The molecule has 2 heterocycles. The monoisotopic (exact) mass is 430 g/mol. The Hall–Kier alpha value is -3.93. The van der Waals surface area contributed by atoms with Crippen molar-refractivity contribution in [3.63, 3.8) is 0 Å². The van der Waals surface area contributed by atoms with E-state index in [0.717, 1.165) is 11.1 Å². The van der Waals surface area contributed by atoms with E-state index in [1.807, 2.05) is 39.8 Å². The summed E-state index contributed by atoms with van der Waals surface area (Å²) in [7, 11) is 0. The lowest BCUT2D eigenvalue weighted by Gasteiger charge is -2.19. The zero-order valence-corrected chi connectivity index (χ0v) is 18.5. The molecule has 0 saturated carbocycles. The largest absolute Gasteiger partial charge is 0.478 e. The Balaban J connectivity index is 0.00000141. The molecular formula is C26H26N2O4. The van der Waals surface area contributed by atoms with E-state index in [1.165, 1.54) is 6.07 Å². The van der Waals surface area contributed by atoms with Gasteiger partial charge in [-0.2, -0.15) is 0 Å². The van der Waals surface area contributed by atoms with Crippen molar-refractivity contribution in [3.8, 4) is 11.5 Å². The summed E-state index contributed by atoms with van der Waals surface area (Å²) in [6, 6.07) is 17.0. The van der Waals surface area contributed by atoms with Crippen LogP contribution in [0.25, 0.3) is 22.4 Å². The summed E-state index contributed by atoms with van der Waals surface area (Å²) in [5.41, 5.74) is 3.23. The van der Waals surface area contributed by atoms with Crippen LogP contribution in [0.4, 0.5) is 5.69 Å². The minimum absolute atomic E-state index is 0.153. The lowest BCUT2D eigenvalue weighted by molar-refractivity contribution is 0.0698. The van der Waals surface area contributed by atoms with Crippen LogP contribution in [0.5, 0.6) is 0 Å². The van der Waals surface area contributed by atoms with Crippen LogP contribution in [0.15, 0.2) is 76.1 Å². The second-order valence-corrected chi connectivity index (χ2v) is 7.14. The molecule has 0 aliphatic rings. The number of hydrogen-bond donors (Lipinski definition) is 2. The molecule has 0 saturated heterocycles. The molecule has 0 radical (unpaired) electrons. The van der Waals surface area contributed by atoms with Gasteiger partial charge in [0.15, 0.2) is 11.2 Å². The third-order valence-corrected chi connectivity index (χ3v) is 4.91. The van der Waals surface area contributed by atoms with Crippen LogP contribution in [0.2, 0.25) is 0 Å². The van der Waals surface area contributed by atoms with Crippen molar-refractivity contribution in [2.45, 2.75) is 33.7 Å². The fraction of sp³-hybridized carbons (Fsp3) is 0.192. The van der Waals surface area contributed by atoms with E-state index < -0.39 is 5.97 Å². The predicted octanol–water partition coefficient (Wildman–Crippen LogP) is 6.06. The molecule has 2 N–H and O–H groups in total. The first-order valence-electron chi connectivity index (χ1n) is 10.5. The van der Waals surface area contributed by atoms with Gasteiger partial charge < -0.3 is 14.8 Å². The molecule has 0 spiro atoms. The molecule has 2 aromatic carbocycles. The van der Waals surface area contributed by atoms with Crippen LogP contribution in [-0.2, 0) is 0 Å². The zero-order chi connectivity index (χ0) is 23.3. The summed E-state index contributed by atoms with van der Waals surface area (Å²) in [6.07, 6.45) is 1.64. The molecule has 2 aromatic heterocycles. The maximum Gasteiger partial charge on any atom is 0.337 e. The molecule has 0 amide bonds. The summed E-state index contributed by atoms with van der Waals surface area (Å²) in [4.78, 5) is 28.6. The van der Waals surface area contributed by atoms with Gasteiger partial charge in [-0.1, -0.05) is 38.1 Å². The number of aromatic nitrogens is 1. The summed E-state index contributed by atoms with van der Waals surface area (Å²) >= 11 is 0. The van der Waals surface area contributed by atoms with E-state index in [4.69, 9.17) is 4.42 Å². The first-order valence-corrected chi connectivity index (χ1v) is 10.5. The van der Waals surface area contributed by atoms with Gasteiger partial charge in [0.2, 0.25) is 0 Å². The third-order valence-electron chi connectivity index (χ3n) is 4.91. The van der Waals surface area contributed by atoms with E-state index >= 15 is 0 Å². The van der Waals surface area contributed by atoms with Crippen molar-refractivity contribution in [2.75, 3.05) is 5.32 Å². The Kier molecular flexibility index (Phi) is 7.05. The third kappa shape index (κ3) is 4.70. The van der Waals surface area contributed by atoms with Gasteiger partial charge in [-0.15, -0.1) is 0 Å². The number of carboxylic acids is 1. The molecule has 1 atom stereocenters. The molecule has 164 valence electrons. The maximum absolute atomic E-state index is 12.8. The molecule has 4 rings (SSSR count). The number of hydrogen-bond acceptors (Lipinski definition) is 5. The predicted molar refractivity (Wildman–Crippen MR) is 127 cm³/mol. The van der Waals surface area contributed by atoms with Crippen molar-refractivity contribution in [1.82, 2.24) is 4.98 Å². The molecule has 4 aromatic rings. The number of carbonyl (C=O) groups is 1. The Labute approximate surface area is 186 Å². The first kappa shape index (κ1) is 22.7. The van der Waals surface area contributed by atoms with Gasteiger partial charge in [0.1, 0.15) is 11.3 Å². The quantitative estimate of drug-likeness (QED) is 0.400. The van der Waals surface area contributed by atoms with Crippen molar-refractivity contribution in [1.29, 1.82) is 0 Å².